The van der Waals surface area contributed by atoms with Crippen LogP contribution in [0, 0.1) is 17.8 Å². The molecule has 30 heavy (non-hydrogen) atoms. The third-order valence-corrected chi connectivity index (χ3v) is 7.37. The van der Waals surface area contributed by atoms with Crippen molar-refractivity contribution in [2.75, 3.05) is 6.61 Å². The second kappa shape index (κ2) is 10.1. The maximum atomic E-state index is 11.3. The minimum absolute atomic E-state index is 0.0984. The molecule has 2 aliphatic heterocycles. The molecular weight excluding hydrogens is 392 g/mol. The molecule has 0 aromatic heterocycles. The quantitative estimate of drug-likeness (QED) is 0.323. The molecule has 0 amide bonds. The predicted octanol–water partition coefficient (Wildman–Crippen LogP) is -0.924. The lowest BCUT2D eigenvalue weighted by Crippen LogP contribution is -2.66. The molecule has 3 fully saturated rings. The van der Waals surface area contributed by atoms with Crippen molar-refractivity contribution in [3.05, 3.63) is 0 Å². The van der Waals surface area contributed by atoms with E-state index in [9.17, 15) is 20.4 Å². The Balaban J connectivity index is 1.76. The van der Waals surface area contributed by atoms with E-state index in [2.05, 4.69) is 20.8 Å². The fourth-order valence-corrected chi connectivity index (χ4v) is 5.42. The Morgan fingerprint density at radius 3 is 2.30 bits per heavy atom. The molecule has 1 saturated carbocycles. The van der Waals surface area contributed by atoms with E-state index in [1.54, 1.807) is 0 Å². The van der Waals surface area contributed by atoms with Crippen molar-refractivity contribution in [1.29, 1.82) is 0 Å². The summed E-state index contributed by atoms with van der Waals surface area (Å²) >= 11 is 0. The van der Waals surface area contributed by atoms with Crippen LogP contribution in [0.15, 0.2) is 0 Å². The summed E-state index contributed by atoms with van der Waals surface area (Å²) in [6.45, 7) is 5.87. The van der Waals surface area contributed by atoms with E-state index >= 15 is 0 Å². The lowest BCUT2D eigenvalue weighted by molar-refractivity contribution is -0.307. The molecule has 176 valence electrons. The van der Waals surface area contributed by atoms with Gasteiger partial charge in [-0.25, -0.2) is 0 Å². The summed E-state index contributed by atoms with van der Waals surface area (Å²) in [6, 6.07) is -1.50. The van der Waals surface area contributed by atoms with Crippen LogP contribution in [0.4, 0.5) is 0 Å². The van der Waals surface area contributed by atoms with Crippen LogP contribution in [0.1, 0.15) is 46.5 Å². The molecule has 1 aliphatic carbocycles. The highest BCUT2D eigenvalue weighted by Gasteiger charge is 2.51. The van der Waals surface area contributed by atoms with Crippen molar-refractivity contribution in [1.82, 2.24) is 0 Å². The van der Waals surface area contributed by atoms with Crippen molar-refractivity contribution in [3.8, 4) is 0 Å². The van der Waals surface area contributed by atoms with Gasteiger partial charge in [-0.15, -0.1) is 0 Å². The molecular formula is C21H40N2O7. The van der Waals surface area contributed by atoms with Gasteiger partial charge in [-0.05, 0) is 37.5 Å². The molecule has 2 heterocycles. The smallest absolute Gasteiger partial charge is 0.186 e. The topological polar surface area (TPSA) is 161 Å². The predicted molar refractivity (Wildman–Crippen MR) is 109 cm³/mol. The van der Waals surface area contributed by atoms with Crippen LogP contribution in [0.2, 0.25) is 0 Å². The SMILES string of the molecule is CCC1CCC(C)C(C2C(C)CC(N)C(OC3OC(CO)C(O)C(N)C3O)C2O)O1. The third kappa shape index (κ3) is 4.69. The summed E-state index contributed by atoms with van der Waals surface area (Å²) in [5.74, 6) is 0.292. The number of hydrogen-bond donors (Lipinski definition) is 6. The molecule has 0 spiro atoms. The second-order valence-electron chi connectivity index (χ2n) is 9.52. The fraction of sp³-hybridized carbons (Fsp3) is 1.00. The van der Waals surface area contributed by atoms with E-state index in [1.807, 2.05) is 0 Å². The van der Waals surface area contributed by atoms with Crippen LogP contribution in [0.25, 0.3) is 0 Å². The standard InChI is InChI=1S/C21H40N2O7/c1-4-11-6-5-9(2)19(28-11)14-10(3)7-12(22)20(17(14)26)30-21-18(27)15(23)16(25)13(8-24)29-21/h9-21,24-27H,4-8,22-23H2,1-3H3. The lowest BCUT2D eigenvalue weighted by Gasteiger charge is -2.50. The average Bonchev–Trinajstić information content (AvgIpc) is 2.72. The van der Waals surface area contributed by atoms with Crippen LogP contribution in [-0.4, -0.2) is 88.1 Å². The Kier molecular flexibility index (Phi) is 8.14. The Morgan fingerprint density at radius 1 is 0.967 bits per heavy atom. The highest BCUT2D eigenvalue weighted by molar-refractivity contribution is 5.00. The Labute approximate surface area is 178 Å². The van der Waals surface area contributed by atoms with Gasteiger partial charge in [0.25, 0.3) is 0 Å². The molecule has 0 aromatic rings. The minimum Gasteiger partial charge on any atom is -0.394 e. The molecule has 9 heteroatoms. The monoisotopic (exact) mass is 432 g/mol. The largest absolute Gasteiger partial charge is 0.394 e. The van der Waals surface area contributed by atoms with E-state index in [0.29, 0.717) is 12.3 Å². The number of rotatable bonds is 5. The van der Waals surface area contributed by atoms with Gasteiger partial charge in [0, 0.05) is 12.0 Å². The van der Waals surface area contributed by atoms with E-state index in [4.69, 9.17) is 25.7 Å². The lowest BCUT2D eigenvalue weighted by atomic mass is 9.68. The molecule has 9 nitrogen and oxygen atoms in total. The summed E-state index contributed by atoms with van der Waals surface area (Å²) in [4.78, 5) is 0. The van der Waals surface area contributed by atoms with Gasteiger partial charge in [0.15, 0.2) is 6.29 Å². The zero-order valence-corrected chi connectivity index (χ0v) is 18.2. The fourth-order valence-electron chi connectivity index (χ4n) is 5.42. The number of ether oxygens (including phenoxy) is 3. The van der Waals surface area contributed by atoms with Crippen molar-refractivity contribution < 1.29 is 34.6 Å². The van der Waals surface area contributed by atoms with Gasteiger partial charge >= 0.3 is 0 Å². The second-order valence-corrected chi connectivity index (χ2v) is 9.52. The summed E-state index contributed by atoms with van der Waals surface area (Å²) in [5, 5.41) is 41.2. The molecule has 0 aromatic carbocycles. The van der Waals surface area contributed by atoms with Gasteiger partial charge < -0.3 is 46.1 Å². The zero-order valence-electron chi connectivity index (χ0n) is 18.2. The molecule has 13 unspecified atom stereocenters. The number of aliphatic hydroxyl groups excluding tert-OH is 4. The van der Waals surface area contributed by atoms with Gasteiger partial charge in [-0.1, -0.05) is 20.8 Å². The van der Waals surface area contributed by atoms with Crippen LogP contribution in [0.3, 0.4) is 0 Å². The summed E-state index contributed by atoms with van der Waals surface area (Å²) in [7, 11) is 0. The van der Waals surface area contributed by atoms with Gasteiger partial charge in [-0.3, -0.25) is 0 Å². The van der Waals surface area contributed by atoms with Crippen molar-refractivity contribution in [3.63, 3.8) is 0 Å². The van der Waals surface area contributed by atoms with Gasteiger partial charge in [-0.2, -0.15) is 0 Å². The maximum absolute atomic E-state index is 11.3. The average molecular weight is 433 g/mol. The van der Waals surface area contributed by atoms with Gasteiger partial charge in [0.1, 0.15) is 24.4 Å². The first-order valence-electron chi connectivity index (χ1n) is 11.3. The third-order valence-electron chi connectivity index (χ3n) is 7.37. The Hall–Kier alpha value is -0.360. The van der Waals surface area contributed by atoms with E-state index < -0.39 is 55.5 Å². The molecule has 3 aliphatic rings. The highest BCUT2D eigenvalue weighted by Crippen LogP contribution is 2.41. The number of aliphatic hydroxyl groups is 4. The first kappa shape index (κ1) is 24.3. The first-order valence-corrected chi connectivity index (χ1v) is 11.3. The van der Waals surface area contributed by atoms with E-state index in [1.165, 1.54) is 0 Å². The summed E-state index contributed by atoms with van der Waals surface area (Å²) < 4.78 is 17.9. The van der Waals surface area contributed by atoms with Crippen LogP contribution in [-0.2, 0) is 14.2 Å². The van der Waals surface area contributed by atoms with Crippen LogP contribution < -0.4 is 11.5 Å². The molecule has 2 saturated heterocycles. The van der Waals surface area contributed by atoms with Crippen LogP contribution in [0.5, 0.6) is 0 Å². The van der Waals surface area contributed by atoms with E-state index in [-0.39, 0.29) is 24.0 Å². The normalized spacial score (nSPS) is 52.9. The highest BCUT2D eigenvalue weighted by atomic mass is 16.7. The summed E-state index contributed by atoms with van der Waals surface area (Å²) in [6.07, 6.45) is -2.67. The maximum Gasteiger partial charge on any atom is 0.186 e. The van der Waals surface area contributed by atoms with Gasteiger partial charge in [0.05, 0.1) is 31.0 Å². The molecule has 0 bridgehead atoms. The molecule has 0 radical (unpaired) electrons. The Morgan fingerprint density at radius 2 is 1.67 bits per heavy atom. The van der Waals surface area contributed by atoms with Crippen molar-refractivity contribution >= 4 is 0 Å². The Bertz CT molecular complexity index is 553. The van der Waals surface area contributed by atoms with Crippen molar-refractivity contribution in [2.24, 2.45) is 29.2 Å². The first-order chi connectivity index (χ1) is 14.2. The van der Waals surface area contributed by atoms with E-state index in [0.717, 1.165) is 19.3 Å². The van der Waals surface area contributed by atoms with Crippen LogP contribution >= 0.6 is 0 Å². The molecule has 8 N–H and O–H groups in total. The summed E-state index contributed by atoms with van der Waals surface area (Å²) in [5.41, 5.74) is 12.2. The molecule has 13 atom stereocenters. The van der Waals surface area contributed by atoms with Gasteiger partial charge in [0.2, 0.25) is 0 Å². The number of hydrogen-bond acceptors (Lipinski definition) is 9. The molecule has 3 rings (SSSR count). The minimum atomic E-state index is -1.31. The zero-order chi connectivity index (χ0) is 22.2. The number of nitrogens with two attached hydrogens (primary N) is 2. The van der Waals surface area contributed by atoms with Crippen molar-refractivity contribution in [2.45, 2.75) is 108 Å².